The largest absolute Gasteiger partial charge is 0.461 e. The van der Waals surface area contributed by atoms with Crippen LogP contribution < -0.4 is 0 Å². The zero-order valence-corrected chi connectivity index (χ0v) is 8.97. The molecule has 0 saturated carbocycles. The van der Waals surface area contributed by atoms with Crippen molar-refractivity contribution in [3.05, 3.63) is 16.9 Å². The summed E-state index contributed by atoms with van der Waals surface area (Å²) >= 11 is 5.55. The van der Waals surface area contributed by atoms with Gasteiger partial charge < -0.3 is 4.74 Å². The van der Waals surface area contributed by atoms with E-state index < -0.39 is 18.7 Å². The number of carbonyl (C=O) groups excluding carboxylic acids is 1. The van der Waals surface area contributed by atoms with E-state index in [0.29, 0.717) is 4.68 Å². The second kappa shape index (κ2) is 4.73. The van der Waals surface area contributed by atoms with Crippen molar-refractivity contribution in [3.63, 3.8) is 0 Å². The number of carbonyl (C=O) groups is 1. The standard InChI is InChI=1S/C8H8ClF3N2O2/c1-2-16-7(15)6-5(9)3-13-14(6)4-8(10,11)12/h3H,2,4H2,1H3. The number of alkyl halides is 3. The molecule has 0 amide bonds. The highest BCUT2D eigenvalue weighted by molar-refractivity contribution is 6.33. The van der Waals surface area contributed by atoms with Crippen LogP contribution in [-0.2, 0) is 11.3 Å². The van der Waals surface area contributed by atoms with E-state index in [0.717, 1.165) is 6.20 Å². The van der Waals surface area contributed by atoms with Crippen LogP contribution in [0.2, 0.25) is 5.02 Å². The summed E-state index contributed by atoms with van der Waals surface area (Å²) in [5.74, 6) is -0.922. The molecule has 4 nitrogen and oxygen atoms in total. The lowest BCUT2D eigenvalue weighted by Gasteiger charge is -2.09. The van der Waals surface area contributed by atoms with E-state index in [1.807, 2.05) is 0 Å². The molecule has 0 spiro atoms. The van der Waals surface area contributed by atoms with Gasteiger partial charge in [0.25, 0.3) is 0 Å². The monoisotopic (exact) mass is 256 g/mol. The van der Waals surface area contributed by atoms with Crippen molar-refractivity contribution in [2.24, 2.45) is 0 Å². The Morgan fingerprint density at radius 1 is 1.62 bits per heavy atom. The molecule has 0 aliphatic carbocycles. The molecule has 1 aromatic heterocycles. The van der Waals surface area contributed by atoms with E-state index in [-0.39, 0.29) is 17.3 Å². The van der Waals surface area contributed by atoms with Crippen LogP contribution in [0.3, 0.4) is 0 Å². The number of ether oxygens (including phenoxy) is 1. The fourth-order valence-electron chi connectivity index (χ4n) is 1.05. The van der Waals surface area contributed by atoms with Crippen LogP contribution >= 0.6 is 11.6 Å². The van der Waals surface area contributed by atoms with Gasteiger partial charge in [0.1, 0.15) is 6.54 Å². The first-order chi connectivity index (χ1) is 7.35. The van der Waals surface area contributed by atoms with Gasteiger partial charge in [-0.3, -0.25) is 0 Å². The van der Waals surface area contributed by atoms with E-state index in [1.165, 1.54) is 6.92 Å². The molecule has 1 heterocycles. The molecular weight excluding hydrogens is 249 g/mol. The fourth-order valence-corrected chi connectivity index (χ4v) is 1.27. The first kappa shape index (κ1) is 12.8. The van der Waals surface area contributed by atoms with E-state index in [4.69, 9.17) is 11.6 Å². The average Bonchev–Trinajstić information content (AvgIpc) is 2.44. The molecule has 1 aromatic rings. The van der Waals surface area contributed by atoms with Gasteiger partial charge in [-0.2, -0.15) is 18.3 Å². The van der Waals surface area contributed by atoms with Crippen LogP contribution in [0.1, 0.15) is 17.4 Å². The third-order valence-electron chi connectivity index (χ3n) is 1.59. The summed E-state index contributed by atoms with van der Waals surface area (Å²) in [6.45, 7) is 0.205. The normalized spacial score (nSPS) is 11.6. The van der Waals surface area contributed by atoms with Gasteiger partial charge >= 0.3 is 12.1 Å². The molecule has 0 bridgehead atoms. The Morgan fingerprint density at radius 3 is 2.75 bits per heavy atom. The summed E-state index contributed by atoms with van der Waals surface area (Å²) < 4.78 is 41.4. The molecular formula is C8H8ClF3N2O2. The predicted octanol–water partition coefficient (Wildman–Crippen LogP) is 2.28. The highest BCUT2D eigenvalue weighted by Crippen LogP contribution is 2.22. The summed E-state index contributed by atoms with van der Waals surface area (Å²) in [7, 11) is 0. The van der Waals surface area contributed by atoms with Gasteiger partial charge in [0.15, 0.2) is 5.69 Å². The molecule has 0 saturated heterocycles. The molecule has 0 fully saturated rings. The topological polar surface area (TPSA) is 44.1 Å². The van der Waals surface area contributed by atoms with Gasteiger partial charge in [-0.25, -0.2) is 9.48 Å². The summed E-state index contributed by atoms with van der Waals surface area (Å²) in [4.78, 5) is 11.3. The highest BCUT2D eigenvalue weighted by Gasteiger charge is 2.31. The molecule has 0 aromatic carbocycles. The van der Waals surface area contributed by atoms with Crippen molar-refractivity contribution in [1.29, 1.82) is 0 Å². The summed E-state index contributed by atoms with van der Waals surface area (Å²) in [6, 6.07) is 0. The van der Waals surface area contributed by atoms with Crippen LogP contribution in [-0.4, -0.2) is 28.5 Å². The zero-order valence-electron chi connectivity index (χ0n) is 8.21. The van der Waals surface area contributed by atoms with Crippen molar-refractivity contribution in [2.75, 3.05) is 6.61 Å². The minimum atomic E-state index is -4.48. The van der Waals surface area contributed by atoms with Gasteiger partial charge in [-0.05, 0) is 6.92 Å². The lowest BCUT2D eigenvalue weighted by molar-refractivity contribution is -0.142. The molecule has 16 heavy (non-hydrogen) atoms. The summed E-state index contributed by atoms with van der Waals surface area (Å²) in [5.41, 5.74) is -0.388. The maximum atomic E-state index is 12.1. The minimum absolute atomic E-state index is 0.0480. The van der Waals surface area contributed by atoms with Crippen LogP contribution in [0.25, 0.3) is 0 Å². The van der Waals surface area contributed by atoms with Crippen LogP contribution in [0, 0.1) is 0 Å². The summed E-state index contributed by atoms with van der Waals surface area (Å²) in [5, 5.41) is 3.20. The Balaban J connectivity index is 2.98. The fraction of sp³-hybridized carbons (Fsp3) is 0.500. The minimum Gasteiger partial charge on any atom is -0.461 e. The SMILES string of the molecule is CCOC(=O)c1c(Cl)cnn1CC(F)(F)F. The third-order valence-corrected chi connectivity index (χ3v) is 1.87. The van der Waals surface area contributed by atoms with Crippen molar-refractivity contribution in [2.45, 2.75) is 19.6 Å². The first-order valence-corrected chi connectivity index (χ1v) is 4.68. The van der Waals surface area contributed by atoms with Crippen LogP contribution in [0.5, 0.6) is 0 Å². The number of nitrogens with zero attached hydrogens (tertiary/aromatic N) is 2. The van der Waals surface area contributed by atoms with Gasteiger partial charge in [0, 0.05) is 0 Å². The zero-order chi connectivity index (χ0) is 12.3. The van der Waals surface area contributed by atoms with Gasteiger partial charge in [0.05, 0.1) is 17.8 Å². The number of aromatic nitrogens is 2. The molecule has 90 valence electrons. The van der Waals surface area contributed by atoms with Gasteiger partial charge in [-0.1, -0.05) is 11.6 Å². The number of esters is 1. The Labute approximate surface area is 93.9 Å². The molecule has 8 heteroatoms. The Bertz CT molecular complexity index is 389. The molecule has 0 radical (unpaired) electrons. The van der Waals surface area contributed by atoms with Gasteiger partial charge in [0.2, 0.25) is 0 Å². The number of rotatable bonds is 3. The second-order valence-corrected chi connectivity index (χ2v) is 3.24. The molecule has 0 unspecified atom stereocenters. The lowest BCUT2D eigenvalue weighted by atomic mass is 10.4. The third kappa shape index (κ3) is 3.13. The Morgan fingerprint density at radius 2 is 2.25 bits per heavy atom. The Kier molecular flexibility index (Phi) is 3.79. The number of halogens is 4. The van der Waals surface area contributed by atoms with Crippen molar-refractivity contribution < 1.29 is 22.7 Å². The second-order valence-electron chi connectivity index (χ2n) is 2.83. The van der Waals surface area contributed by atoms with E-state index >= 15 is 0 Å². The Hall–Kier alpha value is -1.24. The van der Waals surface area contributed by atoms with Crippen molar-refractivity contribution in [1.82, 2.24) is 9.78 Å². The molecule has 1 rings (SSSR count). The van der Waals surface area contributed by atoms with Crippen LogP contribution in [0.4, 0.5) is 13.2 Å². The van der Waals surface area contributed by atoms with E-state index in [9.17, 15) is 18.0 Å². The van der Waals surface area contributed by atoms with E-state index in [1.54, 1.807) is 0 Å². The lowest BCUT2D eigenvalue weighted by Crippen LogP contribution is -2.23. The molecule has 0 N–H and O–H groups in total. The average molecular weight is 257 g/mol. The maximum Gasteiger partial charge on any atom is 0.408 e. The highest BCUT2D eigenvalue weighted by atomic mass is 35.5. The number of hydrogen-bond acceptors (Lipinski definition) is 3. The molecule has 0 aliphatic rings. The van der Waals surface area contributed by atoms with Crippen molar-refractivity contribution >= 4 is 17.6 Å². The van der Waals surface area contributed by atoms with Crippen LogP contribution in [0.15, 0.2) is 6.20 Å². The molecule has 0 aliphatic heterocycles. The van der Waals surface area contributed by atoms with E-state index in [2.05, 4.69) is 9.84 Å². The molecule has 0 atom stereocenters. The predicted molar refractivity (Wildman–Crippen MR) is 49.2 cm³/mol. The van der Waals surface area contributed by atoms with Crippen molar-refractivity contribution in [3.8, 4) is 0 Å². The smallest absolute Gasteiger partial charge is 0.408 e. The number of hydrogen-bond donors (Lipinski definition) is 0. The van der Waals surface area contributed by atoms with Gasteiger partial charge in [-0.15, -0.1) is 0 Å². The first-order valence-electron chi connectivity index (χ1n) is 4.30. The summed E-state index contributed by atoms with van der Waals surface area (Å²) in [6.07, 6.45) is -3.50. The maximum absolute atomic E-state index is 12.1. The quantitative estimate of drug-likeness (QED) is 0.780.